The normalized spacial score (nSPS) is 43.0. The van der Waals surface area contributed by atoms with Crippen molar-refractivity contribution >= 4 is 0 Å². The third-order valence-corrected chi connectivity index (χ3v) is 5.96. The lowest BCUT2D eigenvalue weighted by Gasteiger charge is -2.37. The van der Waals surface area contributed by atoms with Crippen LogP contribution in [0.3, 0.4) is 0 Å². The molecule has 2 unspecified atom stereocenters. The minimum Gasteiger partial charge on any atom is -0.395 e. The van der Waals surface area contributed by atoms with Gasteiger partial charge in [-0.15, -0.1) is 0 Å². The van der Waals surface area contributed by atoms with Gasteiger partial charge in [-0.05, 0) is 32.1 Å². The van der Waals surface area contributed by atoms with Crippen LogP contribution in [0, 0.1) is 0 Å². The molecule has 0 aromatic rings. The number of hydrogen-bond acceptors (Lipinski definition) is 7. The molecule has 0 aromatic carbocycles. The first-order valence-corrected chi connectivity index (χ1v) is 9.77. The van der Waals surface area contributed by atoms with Crippen LogP contribution in [0.25, 0.3) is 0 Å². The molecule has 7 heteroatoms. The molecule has 146 valence electrons. The van der Waals surface area contributed by atoms with Gasteiger partial charge in [0.1, 0.15) is 0 Å². The quantitative estimate of drug-likeness (QED) is 0.408. The third kappa shape index (κ3) is 4.53. The number of rotatable bonds is 7. The molecule has 0 aromatic heterocycles. The van der Waals surface area contributed by atoms with Crippen molar-refractivity contribution in [1.29, 1.82) is 0 Å². The minimum atomic E-state index is -1.05. The van der Waals surface area contributed by atoms with Crippen LogP contribution in [0.4, 0.5) is 0 Å². The monoisotopic (exact) mass is 359 g/mol. The smallest absolute Gasteiger partial charge is 0.168 e. The zero-order chi connectivity index (χ0) is 17.9. The number of aliphatic hydroxyl groups is 4. The molecule has 3 aliphatic heterocycles. The van der Waals surface area contributed by atoms with Crippen molar-refractivity contribution in [2.45, 2.75) is 100 Å². The maximum atomic E-state index is 10.3. The summed E-state index contributed by atoms with van der Waals surface area (Å²) in [6.07, 6.45) is 6.00. The second kappa shape index (κ2) is 8.61. The Bertz CT molecular complexity index is 416. The van der Waals surface area contributed by atoms with E-state index in [4.69, 9.17) is 14.6 Å². The Balaban J connectivity index is 1.35. The highest BCUT2D eigenvalue weighted by atomic mass is 16.7. The molecule has 3 fully saturated rings. The van der Waals surface area contributed by atoms with Crippen molar-refractivity contribution in [3.63, 3.8) is 0 Å². The SMILES string of the molecule is OC[C@H]1N[C@H]([C@H](O)CCCCC2CCCC3(CCCO3)O2)[C@@H](O)[C@@H]1O. The van der Waals surface area contributed by atoms with Gasteiger partial charge < -0.3 is 35.2 Å². The molecule has 0 bridgehead atoms. The lowest BCUT2D eigenvalue weighted by atomic mass is 9.95. The molecule has 0 aliphatic carbocycles. The summed E-state index contributed by atoms with van der Waals surface area (Å²) >= 11 is 0. The fourth-order valence-corrected chi connectivity index (χ4v) is 4.49. The van der Waals surface area contributed by atoms with Gasteiger partial charge in [-0.3, -0.25) is 0 Å². The molecule has 3 aliphatic rings. The molecular weight excluding hydrogens is 326 g/mol. The fraction of sp³-hybridized carbons (Fsp3) is 1.00. The van der Waals surface area contributed by atoms with E-state index >= 15 is 0 Å². The highest BCUT2D eigenvalue weighted by Gasteiger charge is 2.44. The van der Waals surface area contributed by atoms with Crippen molar-refractivity contribution in [1.82, 2.24) is 5.32 Å². The number of nitrogens with one attached hydrogen (secondary N) is 1. The maximum Gasteiger partial charge on any atom is 0.168 e. The van der Waals surface area contributed by atoms with Gasteiger partial charge in [-0.25, -0.2) is 0 Å². The van der Waals surface area contributed by atoms with Crippen LogP contribution < -0.4 is 5.32 Å². The van der Waals surface area contributed by atoms with Crippen LogP contribution in [0.2, 0.25) is 0 Å². The second-order valence-corrected chi connectivity index (χ2v) is 7.81. The van der Waals surface area contributed by atoms with E-state index in [9.17, 15) is 15.3 Å². The summed E-state index contributed by atoms with van der Waals surface area (Å²) in [6, 6.07) is -1.17. The Kier molecular flexibility index (Phi) is 6.71. The largest absolute Gasteiger partial charge is 0.395 e. The van der Waals surface area contributed by atoms with E-state index in [1.165, 1.54) is 0 Å². The van der Waals surface area contributed by atoms with Crippen molar-refractivity contribution in [2.75, 3.05) is 13.2 Å². The Morgan fingerprint density at radius 1 is 1.12 bits per heavy atom. The summed E-state index contributed by atoms with van der Waals surface area (Å²) in [6.45, 7) is 0.542. The first kappa shape index (κ1) is 19.5. The number of unbranched alkanes of at least 4 members (excludes halogenated alkanes) is 1. The van der Waals surface area contributed by atoms with E-state index in [0.717, 1.165) is 58.0 Å². The second-order valence-electron chi connectivity index (χ2n) is 7.81. The summed E-state index contributed by atoms with van der Waals surface area (Å²) < 4.78 is 12.0. The van der Waals surface area contributed by atoms with Gasteiger partial charge in [-0.1, -0.05) is 12.8 Å². The molecule has 0 radical (unpaired) electrons. The van der Waals surface area contributed by atoms with Crippen molar-refractivity contribution < 1.29 is 29.9 Å². The van der Waals surface area contributed by atoms with E-state index in [1.807, 2.05) is 0 Å². The molecule has 0 saturated carbocycles. The van der Waals surface area contributed by atoms with Gasteiger partial charge in [0, 0.05) is 12.8 Å². The molecule has 0 amide bonds. The van der Waals surface area contributed by atoms with Crippen LogP contribution in [0.15, 0.2) is 0 Å². The molecule has 7 nitrogen and oxygen atoms in total. The summed E-state index contributed by atoms with van der Waals surface area (Å²) in [5.41, 5.74) is 0. The summed E-state index contributed by atoms with van der Waals surface area (Å²) in [4.78, 5) is 0. The van der Waals surface area contributed by atoms with Crippen LogP contribution in [-0.2, 0) is 9.47 Å². The highest BCUT2D eigenvalue weighted by molar-refractivity contribution is 5.00. The van der Waals surface area contributed by atoms with Gasteiger partial charge in [0.15, 0.2) is 5.79 Å². The molecule has 3 saturated heterocycles. The van der Waals surface area contributed by atoms with Crippen molar-refractivity contribution in [3.8, 4) is 0 Å². The third-order valence-electron chi connectivity index (χ3n) is 5.96. The van der Waals surface area contributed by atoms with Gasteiger partial charge in [-0.2, -0.15) is 0 Å². The standard InChI is InChI=1S/C18H33NO6/c20-11-13-16(22)17(23)15(19-13)14(21)7-2-1-5-12-6-3-8-18(25-12)9-4-10-24-18/h12-17,19-23H,1-11H2/t12?,13-,14-,15-,16-,17-,18?/m1/s1. The summed E-state index contributed by atoms with van der Waals surface area (Å²) in [5.74, 6) is -0.324. The van der Waals surface area contributed by atoms with Gasteiger partial charge in [0.05, 0.1) is 49.7 Å². The Labute approximate surface area is 149 Å². The van der Waals surface area contributed by atoms with Crippen LogP contribution >= 0.6 is 0 Å². The van der Waals surface area contributed by atoms with E-state index in [1.54, 1.807) is 0 Å². The van der Waals surface area contributed by atoms with Gasteiger partial charge >= 0.3 is 0 Å². The molecular formula is C18H33NO6. The molecule has 7 atom stereocenters. The fourth-order valence-electron chi connectivity index (χ4n) is 4.49. The van der Waals surface area contributed by atoms with E-state index in [-0.39, 0.29) is 18.5 Å². The van der Waals surface area contributed by atoms with E-state index in [2.05, 4.69) is 5.32 Å². The number of hydrogen-bond donors (Lipinski definition) is 5. The Morgan fingerprint density at radius 3 is 2.60 bits per heavy atom. The average molecular weight is 359 g/mol. The zero-order valence-electron chi connectivity index (χ0n) is 14.8. The first-order chi connectivity index (χ1) is 12.0. The lowest BCUT2D eigenvalue weighted by Crippen LogP contribution is -2.44. The molecule has 5 N–H and O–H groups in total. The lowest BCUT2D eigenvalue weighted by molar-refractivity contribution is -0.258. The molecule has 1 spiro atoms. The van der Waals surface area contributed by atoms with Crippen LogP contribution in [0.1, 0.15) is 57.8 Å². The highest BCUT2D eigenvalue weighted by Crippen LogP contribution is 2.38. The number of aliphatic hydroxyl groups excluding tert-OH is 4. The van der Waals surface area contributed by atoms with Crippen LogP contribution in [-0.4, -0.2) is 75.9 Å². The van der Waals surface area contributed by atoms with Crippen LogP contribution in [0.5, 0.6) is 0 Å². The van der Waals surface area contributed by atoms with Crippen molar-refractivity contribution in [3.05, 3.63) is 0 Å². The Morgan fingerprint density at radius 2 is 1.92 bits per heavy atom. The predicted molar refractivity (Wildman–Crippen MR) is 90.9 cm³/mol. The van der Waals surface area contributed by atoms with Gasteiger partial charge in [0.2, 0.25) is 0 Å². The molecule has 3 rings (SSSR count). The minimum absolute atomic E-state index is 0.236. The summed E-state index contributed by atoms with van der Waals surface area (Å²) in [7, 11) is 0. The molecule has 3 heterocycles. The van der Waals surface area contributed by atoms with Crippen molar-refractivity contribution in [2.24, 2.45) is 0 Å². The zero-order valence-corrected chi connectivity index (χ0v) is 14.8. The first-order valence-electron chi connectivity index (χ1n) is 9.77. The van der Waals surface area contributed by atoms with E-state index in [0.29, 0.717) is 6.42 Å². The molecule has 25 heavy (non-hydrogen) atoms. The predicted octanol–water partition coefficient (Wildman–Crippen LogP) is 0.0380. The number of ether oxygens (including phenoxy) is 2. The average Bonchev–Trinajstić information content (AvgIpc) is 3.17. The maximum absolute atomic E-state index is 10.3. The Hall–Kier alpha value is -0.280. The van der Waals surface area contributed by atoms with Gasteiger partial charge in [0.25, 0.3) is 0 Å². The van der Waals surface area contributed by atoms with E-state index < -0.39 is 30.4 Å². The topological polar surface area (TPSA) is 111 Å². The summed E-state index contributed by atoms with van der Waals surface area (Å²) in [5, 5.41) is 42.2.